The molecule has 3 rings (SSSR count). The summed E-state index contributed by atoms with van der Waals surface area (Å²) in [4.78, 5) is 4.38. The van der Waals surface area contributed by atoms with Gasteiger partial charge in [-0.1, -0.05) is 0 Å². The molecule has 0 fully saturated rings. The number of ether oxygens (including phenoxy) is 1. The number of anilines is 1. The smallest absolute Gasteiger partial charge is 0.134 e. The molecule has 0 aliphatic heterocycles. The monoisotopic (exact) mass is 266 g/mol. The number of nitrogens with one attached hydrogen (secondary N) is 1. The zero-order valence-corrected chi connectivity index (χ0v) is 11.1. The first-order valence-electron chi connectivity index (χ1n) is 6.30. The average Bonchev–Trinajstić information content (AvgIpc) is 2.53. The maximum absolute atomic E-state index is 5.23. The minimum atomic E-state index is 0.589. The van der Waals surface area contributed by atoms with Crippen LogP contribution in [0.25, 0.3) is 10.8 Å². The van der Waals surface area contributed by atoms with Crippen molar-refractivity contribution in [3.63, 3.8) is 0 Å². The number of aromatic nitrogens is 3. The van der Waals surface area contributed by atoms with E-state index >= 15 is 0 Å². The molecule has 5 heteroatoms. The molecule has 0 radical (unpaired) electrons. The molecular weight excluding hydrogens is 252 g/mol. The Bertz CT molecular complexity index is 715. The van der Waals surface area contributed by atoms with Gasteiger partial charge in [-0.25, -0.2) is 4.98 Å². The van der Waals surface area contributed by atoms with Gasteiger partial charge in [-0.3, -0.25) is 0 Å². The Kier molecular flexibility index (Phi) is 3.41. The highest BCUT2D eigenvalue weighted by Gasteiger charge is 2.04. The van der Waals surface area contributed by atoms with E-state index in [2.05, 4.69) is 20.5 Å². The largest absolute Gasteiger partial charge is 0.497 e. The molecule has 1 aromatic carbocycles. The number of benzene rings is 1. The second-order valence-corrected chi connectivity index (χ2v) is 4.32. The van der Waals surface area contributed by atoms with Crippen LogP contribution in [0.3, 0.4) is 0 Å². The lowest BCUT2D eigenvalue weighted by molar-refractivity contribution is 0.415. The molecule has 100 valence electrons. The maximum Gasteiger partial charge on any atom is 0.134 e. The van der Waals surface area contributed by atoms with E-state index in [-0.39, 0.29) is 0 Å². The van der Waals surface area contributed by atoms with Gasteiger partial charge in [-0.05, 0) is 41.8 Å². The van der Waals surface area contributed by atoms with Crippen LogP contribution in [-0.2, 0) is 6.54 Å². The van der Waals surface area contributed by atoms with Gasteiger partial charge in [0.05, 0.1) is 19.3 Å². The predicted octanol–water partition coefficient (Wildman–Crippen LogP) is 2.65. The van der Waals surface area contributed by atoms with Gasteiger partial charge in [0.1, 0.15) is 11.6 Å². The lowest BCUT2D eigenvalue weighted by Crippen LogP contribution is -2.04. The van der Waals surface area contributed by atoms with Crippen LogP contribution < -0.4 is 10.1 Å². The summed E-state index contributed by atoms with van der Waals surface area (Å²) in [6.07, 6.45) is 3.44. The number of methoxy groups -OCH3 is 1. The summed E-state index contributed by atoms with van der Waals surface area (Å²) in [6, 6.07) is 11.7. The Balaban J connectivity index is 1.88. The minimum absolute atomic E-state index is 0.589. The van der Waals surface area contributed by atoms with Gasteiger partial charge in [0.2, 0.25) is 0 Å². The van der Waals surface area contributed by atoms with Crippen molar-refractivity contribution in [2.45, 2.75) is 6.54 Å². The van der Waals surface area contributed by atoms with Gasteiger partial charge >= 0.3 is 0 Å². The SMILES string of the molecule is COc1ccc2c(NCc3cccnn3)nccc2c1. The molecule has 0 bridgehead atoms. The molecule has 3 aromatic rings. The van der Waals surface area contributed by atoms with Gasteiger partial charge in [0.25, 0.3) is 0 Å². The molecule has 0 saturated heterocycles. The summed E-state index contributed by atoms with van der Waals surface area (Å²) in [6.45, 7) is 0.589. The van der Waals surface area contributed by atoms with Crippen molar-refractivity contribution in [3.8, 4) is 5.75 Å². The van der Waals surface area contributed by atoms with E-state index in [1.54, 1.807) is 19.5 Å². The molecule has 2 aromatic heterocycles. The van der Waals surface area contributed by atoms with Crippen molar-refractivity contribution in [3.05, 3.63) is 54.5 Å². The number of pyridine rings is 1. The van der Waals surface area contributed by atoms with Crippen LogP contribution in [0.1, 0.15) is 5.69 Å². The molecule has 2 heterocycles. The molecule has 0 aliphatic carbocycles. The van der Waals surface area contributed by atoms with E-state index in [0.29, 0.717) is 6.54 Å². The zero-order valence-electron chi connectivity index (χ0n) is 11.1. The third-order valence-electron chi connectivity index (χ3n) is 3.04. The maximum atomic E-state index is 5.23. The molecule has 0 atom stereocenters. The zero-order chi connectivity index (χ0) is 13.8. The summed E-state index contributed by atoms with van der Waals surface area (Å²) in [5.74, 6) is 1.67. The topological polar surface area (TPSA) is 59.9 Å². The first kappa shape index (κ1) is 12.3. The normalized spacial score (nSPS) is 10.4. The second kappa shape index (κ2) is 5.52. The number of fused-ring (bicyclic) bond motifs is 1. The third-order valence-corrected chi connectivity index (χ3v) is 3.04. The van der Waals surface area contributed by atoms with E-state index in [9.17, 15) is 0 Å². The lowest BCUT2D eigenvalue weighted by atomic mass is 10.1. The summed E-state index contributed by atoms with van der Waals surface area (Å²) in [5, 5.41) is 13.3. The molecule has 0 amide bonds. The van der Waals surface area contributed by atoms with Crippen molar-refractivity contribution >= 4 is 16.6 Å². The van der Waals surface area contributed by atoms with E-state index in [0.717, 1.165) is 28.0 Å². The summed E-state index contributed by atoms with van der Waals surface area (Å²) < 4.78 is 5.23. The van der Waals surface area contributed by atoms with Gasteiger partial charge in [0, 0.05) is 17.8 Å². The first-order valence-corrected chi connectivity index (χ1v) is 6.30. The predicted molar refractivity (Wildman–Crippen MR) is 77.7 cm³/mol. The Morgan fingerprint density at radius 2 is 2.10 bits per heavy atom. The van der Waals surface area contributed by atoms with Gasteiger partial charge < -0.3 is 10.1 Å². The Morgan fingerprint density at radius 1 is 1.15 bits per heavy atom. The average molecular weight is 266 g/mol. The van der Waals surface area contributed by atoms with Gasteiger partial charge in [-0.2, -0.15) is 10.2 Å². The summed E-state index contributed by atoms with van der Waals surface area (Å²) >= 11 is 0. The van der Waals surface area contributed by atoms with Crippen molar-refractivity contribution < 1.29 is 4.74 Å². The first-order chi connectivity index (χ1) is 9.86. The Labute approximate surface area is 116 Å². The van der Waals surface area contributed by atoms with Gasteiger partial charge in [-0.15, -0.1) is 0 Å². The quantitative estimate of drug-likeness (QED) is 0.786. The molecular formula is C15H14N4O. The van der Waals surface area contributed by atoms with Crippen LogP contribution in [-0.4, -0.2) is 22.3 Å². The van der Waals surface area contributed by atoms with Crippen molar-refractivity contribution in [2.24, 2.45) is 0 Å². The summed E-state index contributed by atoms with van der Waals surface area (Å²) in [5.41, 5.74) is 0.875. The van der Waals surface area contributed by atoms with Gasteiger partial charge in [0.15, 0.2) is 0 Å². The van der Waals surface area contributed by atoms with Crippen molar-refractivity contribution in [1.82, 2.24) is 15.2 Å². The molecule has 5 nitrogen and oxygen atoms in total. The third kappa shape index (κ3) is 2.51. The highest BCUT2D eigenvalue weighted by Crippen LogP contribution is 2.25. The van der Waals surface area contributed by atoms with Crippen molar-refractivity contribution in [1.29, 1.82) is 0 Å². The lowest BCUT2D eigenvalue weighted by Gasteiger charge is -2.09. The fourth-order valence-electron chi connectivity index (χ4n) is 2.03. The van der Waals surface area contributed by atoms with E-state index in [4.69, 9.17) is 4.74 Å². The summed E-state index contributed by atoms with van der Waals surface area (Å²) in [7, 11) is 1.66. The highest BCUT2D eigenvalue weighted by molar-refractivity contribution is 5.92. The second-order valence-electron chi connectivity index (χ2n) is 4.32. The van der Waals surface area contributed by atoms with Crippen LogP contribution >= 0.6 is 0 Å². The van der Waals surface area contributed by atoms with Crippen LogP contribution in [0, 0.1) is 0 Å². The van der Waals surface area contributed by atoms with E-state index in [1.165, 1.54) is 0 Å². The minimum Gasteiger partial charge on any atom is -0.497 e. The number of hydrogen-bond donors (Lipinski definition) is 1. The van der Waals surface area contributed by atoms with E-state index < -0.39 is 0 Å². The number of hydrogen-bond acceptors (Lipinski definition) is 5. The fraction of sp³-hybridized carbons (Fsp3) is 0.133. The van der Waals surface area contributed by atoms with Crippen LogP contribution in [0.5, 0.6) is 5.75 Å². The van der Waals surface area contributed by atoms with Crippen LogP contribution in [0.15, 0.2) is 48.8 Å². The van der Waals surface area contributed by atoms with Crippen molar-refractivity contribution in [2.75, 3.05) is 12.4 Å². The Hall–Kier alpha value is -2.69. The molecule has 0 aliphatic rings. The van der Waals surface area contributed by atoms with Crippen LogP contribution in [0.2, 0.25) is 0 Å². The standard InChI is InChI=1S/C15H14N4O/c1-20-13-4-5-14-11(9-13)6-8-16-15(14)17-10-12-3-2-7-18-19-12/h2-9H,10H2,1H3,(H,16,17). The molecule has 20 heavy (non-hydrogen) atoms. The highest BCUT2D eigenvalue weighted by atomic mass is 16.5. The number of nitrogens with zero attached hydrogens (tertiary/aromatic N) is 3. The number of rotatable bonds is 4. The fourth-order valence-corrected chi connectivity index (χ4v) is 2.03. The molecule has 0 unspecified atom stereocenters. The molecule has 0 spiro atoms. The molecule has 1 N–H and O–H groups in total. The Morgan fingerprint density at radius 3 is 2.90 bits per heavy atom. The van der Waals surface area contributed by atoms with E-state index in [1.807, 2.05) is 36.4 Å². The molecule has 0 saturated carbocycles. The van der Waals surface area contributed by atoms with Crippen LogP contribution in [0.4, 0.5) is 5.82 Å².